The molecule has 2 aromatic rings. The Balaban J connectivity index is 2.13. The lowest BCUT2D eigenvalue weighted by Crippen LogP contribution is -2.19. The molecule has 1 unspecified atom stereocenters. The summed E-state index contributed by atoms with van der Waals surface area (Å²) in [5.74, 6) is 0.437. The van der Waals surface area contributed by atoms with Crippen molar-refractivity contribution >= 4 is 35.1 Å². The molecule has 0 saturated carbocycles. The van der Waals surface area contributed by atoms with Crippen LogP contribution in [0.1, 0.15) is 24.2 Å². The van der Waals surface area contributed by atoms with E-state index in [1.807, 2.05) is 6.92 Å². The third-order valence-electron chi connectivity index (χ3n) is 3.05. The number of anilines is 1. The van der Waals surface area contributed by atoms with Gasteiger partial charge >= 0.3 is 0 Å². The fourth-order valence-corrected chi connectivity index (χ4v) is 1.97. The lowest BCUT2D eigenvalue weighted by Gasteiger charge is -2.11. The van der Waals surface area contributed by atoms with Gasteiger partial charge in [0.15, 0.2) is 0 Å². The highest BCUT2D eigenvalue weighted by atomic mass is 35.5. The number of nitrogens with one attached hydrogen (secondary N) is 1. The van der Waals surface area contributed by atoms with Crippen LogP contribution in [0.15, 0.2) is 18.2 Å². The number of hydrogen-bond acceptors (Lipinski definition) is 3. The number of hydrogen-bond donors (Lipinski definition) is 1. The molecule has 2 rings (SSSR count). The zero-order chi connectivity index (χ0) is 14.9. The summed E-state index contributed by atoms with van der Waals surface area (Å²) in [5.41, 5.74) is 0.782. The van der Waals surface area contributed by atoms with Crippen LogP contribution in [-0.2, 0) is 11.8 Å². The van der Waals surface area contributed by atoms with Crippen molar-refractivity contribution in [2.45, 2.75) is 19.8 Å². The van der Waals surface area contributed by atoms with Crippen molar-refractivity contribution in [1.29, 1.82) is 0 Å². The maximum absolute atomic E-state index is 12.2. The number of halogens is 2. The third kappa shape index (κ3) is 3.11. The lowest BCUT2D eigenvalue weighted by molar-refractivity contribution is -0.117. The average Bonchev–Trinajstić information content (AvgIpc) is 2.70. The first-order chi connectivity index (χ1) is 9.38. The predicted molar refractivity (Wildman–Crippen MR) is 79.2 cm³/mol. The second kappa shape index (κ2) is 5.81. The van der Waals surface area contributed by atoms with Crippen LogP contribution in [0.3, 0.4) is 0 Å². The number of rotatable bonds is 3. The molecule has 0 bridgehead atoms. The standard InChI is InChI=1S/C13H14Cl2N4O/c1-7(9-4-5-10(14)11(15)6-9)12(20)17-13-16-8(2)19(3)18-13/h4-7H,1-3H3,(H,17,18,20). The maximum Gasteiger partial charge on any atom is 0.248 e. The number of benzene rings is 1. The van der Waals surface area contributed by atoms with E-state index in [0.29, 0.717) is 16.0 Å². The van der Waals surface area contributed by atoms with Crippen LogP contribution < -0.4 is 5.32 Å². The van der Waals surface area contributed by atoms with Crippen LogP contribution in [0.2, 0.25) is 10.0 Å². The van der Waals surface area contributed by atoms with Crippen LogP contribution in [0.25, 0.3) is 0 Å². The number of carbonyl (C=O) groups excluding carboxylic acids is 1. The van der Waals surface area contributed by atoms with Gasteiger partial charge in [-0.05, 0) is 31.5 Å². The molecular weight excluding hydrogens is 299 g/mol. The Labute approximate surface area is 126 Å². The van der Waals surface area contributed by atoms with Crippen molar-refractivity contribution in [3.63, 3.8) is 0 Å². The first-order valence-corrected chi connectivity index (χ1v) is 6.77. The van der Waals surface area contributed by atoms with Crippen LogP contribution in [-0.4, -0.2) is 20.7 Å². The molecule has 0 aliphatic heterocycles. The highest BCUT2D eigenvalue weighted by Gasteiger charge is 2.18. The summed E-state index contributed by atoms with van der Waals surface area (Å²) in [4.78, 5) is 16.3. The second-order valence-electron chi connectivity index (χ2n) is 4.49. The SMILES string of the molecule is Cc1nc(NC(=O)C(C)c2ccc(Cl)c(Cl)c2)nn1C. The van der Waals surface area contributed by atoms with Gasteiger partial charge < -0.3 is 0 Å². The van der Waals surface area contributed by atoms with Crippen LogP contribution in [0.5, 0.6) is 0 Å². The summed E-state index contributed by atoms with van der Waals surface area (Å²) in [7, 11) is 1.76. The monoisotopic (exact) mass is 312 g/mol. The molecule has 1 N–H and O–H groups in total. The molecule has 0 radical (unpaired) electrons. The van der Waals surface area contributed by atoms with E-state index in [9.17, 15) is 4.79 Å². The molecule has 1 aromatic heterocycles. The van der Waals surface area contributed by atoms with E-state index in [4.69, 9.17) is 23.2 Å². The van der Waals surface area contributed by atoms with Gasteiger partial charge in [-0.1, -0.05) is 29.3 Å². The normalized spacial score (nSPS) is 12.2. The summed E-state index contributed by atoms with van der Waals surface area (Å²) in [6.45, 7) is 3.59. The summed E-state index contributed by atoms with van der Waals surface area (Å²) in [6.07, 6.45) is 0. The highest BCUT2D eigenvalue weighted by molar-refractivity contribution is 6.42. The summed E-state index contributed by atoms with van der Waals surface area (Å²) in [5, 5.41) is 7.65. The average molecular weight is 313 g/mol. The van der Waals surface area contributed by atoms with E-state index in [2.05, 4.69) is 15.4 Å². The van der Waals surface area contributed by atoms with E-state index in [1.54, 1.807) is 36.9 Å². The van der Waals surface area contributed by atoms with E-state index in [1.165, 1.54) is 0 Å². The van der Waals surface area contributed by atoms with Gasteiger partial charge in [0.2, 0.25) is 11.9 Å². The number of nitrogens with zero attached hydrogens (tertiary/aromatic N) is 3. The summed E-state index contributed by atoms with van der Waals surface area (Å²) < 4.78 is 1.60. The van der Waals surface area contributed by atoms with Crippen molar-refractivity contribution in [2.75, 3.05) is 5.32 Å². The molecule has 0 spiro atoms. The Bertz CT molecular complexity index is 634. The quantitative estimate of drug-likeness (QED) is 0.947. The van der Waals surface area contributed by atoms with Crippen LogP contribution in [0.4, 0.5) is 5.95 Å². The first kappa shape index (κ1) is 14.8. The number of carbonyl (C=O) groups is 1. The molecule has 0 aliphatic rings. The predicted octanol–water partition coefficient (Wildman–Crippen LogP) is 3.17. The van der Waals surface area contributed by atoms with Crippen molar-refractivity contribution < 1.29 is 4.79 Å². The Morgan fingerprint density at radius 2 is 2.05 bits per heavy atom. The Kier molecular flexibility index (Phi) is 4.30. The molecule has 0 saturated heterocycles. The van der Waals surface area contributed by atoms with Gasteiger partial charge in [0.1, 0.15) is 5.82 Å². The molecule has 0 aliphatic carbocycles. The maximum atomic E-state index is 12.2. The van der Waals surface area contributed by atoms with Gasteiger partial charge in [-0.3, -0.25) is 14.8 Å². The Morgan fingerprint density at radius 1 is 1.35 bits per heavy atom. The molecule has 20 heavy (non-hydrogen) atoms. The fourth-order valence-electron chi connectivity index (χ4n) is 1.67. The molecular formula is C13H14Cl2N4O. The van der Waals surface area contributed by atoms with Gasteiger partial charge in [-0.15, -0.1) is 5.10 Å². The molecule has 1 amide bonds. The van der Waals surface area contributed by atoms with Gasteiger partial charge in [-0.25, -0.2) is 0 Å². The minimum atomic E-state index is -0.381. The van der Waals surface area contributed by atoms with E-state index in [0.717, 1.165) is 11.4 Å². The number of amides is 1. The molecule has 7 heteroatoms. The van der Waals surface area contributed by atoms with E-state index < -0.39 is 0 Å². The van der Waals surface area contributed by atoms with Crippen molar-refractivity contribution in [1.82, 2.24) is 14.8 Å². The largest absolute Gasteiger partial charge is 0.293 e. The van der Waals surface area contributed by atoms with E-state index in [-0.39, 0.29) is 11.8 Å². The second-order valence-corrected chi connectivity index (χ2v) is 5.31. The van der Waals surface area contributed by atoms with Crippen LogP contribution >= 0.6 is 23.2 Å². The van der Waals surface area contributed by atoms with Crippen molar-refractivity contribution in [3.05, 3.63) is 39.6 Å². The molecule has 1 heterocycles. The minimum absolute atomic E-state index is 0.200. The first-order valence-electron chi connectivity index (χ1n) is 6.02. The third-order valence-corrected chi connectivity index (χ3v) is 3.79. The smallest absolute Gasteiger partial charge is 0.248 e. The molecule has 1 aromatic carbocycles. The molecule has 106 valence electrons. The molecule has 1 atom stereocenters. The Hall–Kier alpha value is -1.59. The number of aromatic nitrogens is 3. The zero-order valence-electron chi connectivity index (χ0n) is 11.3. The minimum Gasteiger partial charge on any atom is -0.293 e. The lowest BCUT2D eigenvalue weighted by atomic mass is 10.0. The van der Waals surface area contributed by atoms with Gasteiger partial charge in [0.25, 0.3) is 0 Å². The summed E-state index contributed by atoms with van der Waals surface area (Å²) >= 11 is 11.8. The highest BCUT2D eigenvalue weighted by Crippen LogP contribution is 2.26. The zero-order valence-corrected chi connectivity index (χ0v) is 12.8. The van der Waals surface area contributed by atoms with Crippen LogP contribution in [0, 0.1) is 6.92 Å². The topological polar surface area (TPSA) is 59.8 Å². The Morgan fingerprint density at radius 3 is 2.60 bits per heavy atom. The molecule has 0 fully saturated rings. The van der Waals surface area contributed by atoms with Gasteiger partial charge in [0.05, 0.1) is 16.0 Å². The van der Waals surface area contributed by atoms with Crippen molar-refractivity contribution in [2.24, 2.45) is 7.05 Å². The van der Waals surface area contributed by atoms with Gasteiger partial charge in [0, 0.05) is 7.05 Å². The van der Waals surface area contributed by atoms with Gasteiger partial charge in [-0.2, -0.15) is 4.98 Å². The molecule has 5 nitrogen and oxygen atoms in total. The van der Waals surface area contributed by atoms with Crippen molar-refractivity contribution in [3.8, 4) is 0 Å². The van der Waals surface area contributed by atoms with E-state index >= 15 is 0 Å². The summed E-state index contributed by atoms with van der Waals surface area (Å²) in [6, 6.07) is 5.13. The number of aryl methyl sites for hydroxylation is 2. The fraction of sp³-hybridized carbons (Fsp3) is 0.308.